The molecule has 0 aromatic rings. The molecule has 0 saturated carbocycles. The molecule has 4 nitrogen and oxygen atoms in total. The van der Waals surface area contributed by atoms with Gasteiger partial charge in [0.2, 0.25) is 0 Å². The first-order valence-electron chi connectivity index (χ1n) is 5.31. The van der Waals surface area contributed by atoms with E-state index in [1.54, 1.807) is 0 Å². The van der Waals surface area contributed by atoms with Crippen LogP contribution in [0.3, 0.4) is 0 Å². The van der Waals surface area contributed by atoms with Crippen LogP contribution in [-0.2, 0) is 4.43 Å². The molecular weight excluding hydrogens is 317 g/mol. The van der Waals surface area contributed by atoms with Gasteiger partial charge in [-0.05, 0) is 6.42 Å². The van der Waals surface area contributed by atoms with Gasteiger partial charge < -0.3 is 18.8 Å². The molecule has 0 N–H and O–H groups in total. The molecule has 0 amide bonds. The first-order valence-corrected chi connectivity index (χ1v) is 6.95. The molecule has 0 atom stereocenters. The zero-order valence-corrected chi connectivity index (χ0v) is 22.2. The van der Waals surface area contributed by atoms with Crippen LogP contribution in [0.2, 0.25) is 0 Å². The summed E-state index contributed by atoms with van der Waals surface area (Å²) in [6.45, 7) is 2.21. The van der Waals surface area contributed by atoms with Gasteiger partial charge in [0, 0.05) is 6.61 Å². The van der Waals surface area contributed by atoms with E-state index in [0.717, 1.165) is 12.8 Å². The predicted octanol–water partition coefficient (Wildman–Crippen LogP) is -9.72. The summed E-state index contributed by atoms with van der Waals surface area (Å²) in [5.74, 6) is 0. The van der Waals surface area contributed by atoms with E-state index >= 15 is 0 Å². The minimum atomic E-state index is -4.99. The third kappa shape index (κ3) is 29.6. The molecule has 0 rings (SSSR count). The Morgan fingerprint density at radius 1 is 0.765 bits per heavy atom. The van der Waals surface area contributed by atoms with E-state index in [0.29, 0.717) is 6.42 Å². The second kappa shape index (κ2) is 21.0. The normalized spacial score (nSPS) is 9.88. The van der Waals surface area contributed by atoms with Crippen LogP contribution >= 0.6 is 0 Å². The third-order valence-electron chi connectivity index (χ3n) is 2.03. The summed E-state index contributed by atoms with van der Waals surface area (Å²) in [7, 11) is -4.99. The maximum Gasteiger partial charge on any atom is 1.00 e. The number of rotatable bonds is 9. The van der Waals surface area contributed by atoms with Gasteiger partial charge >= 0.3 is 154 Å². The average Bonchev–Trinajstić information content (AvgIpc) is 2.08. The van der Waals surface area contributed by atoms with Crippen molar-refractivity contribution in [2.24, 2.45) is 0 Å². The van der Waals surface area contributed by atoms with Gasteiger partial charge in [0.1, 0.15) is 0 Å². The maximum atomic E-state index is 10.1. The van der Waals surface area contributed by atoms with Gasteiger partial charge in [-0.3, -0.25) is 0 Å². The van der Waals surface area contributed by atoms with E-state index in [9.17, 15) is 14.4 Å². The summed E-state index contributed by atoms with van der Waals surface area (Å²) in [6.07, 6.45) is 7.59. The first-order chi connectivity index (χ1) is 6.56. The Bertz CT molecular complexity index is 136. The molecule has 86 valence electrons. The van der Waals surface area contributed by atoms with Gasteiger partial charge in [0.15, 0.2) is 0 Å². The van der Waals surface area contributed by atoms with Gasteiger partial charge in [-0.25, -0.2) is 0 Å². The molecule has 0 fully saturated rings. The fraction of sp³-hybridized carbons (Fsp3) is 1.00. The second-order valence-electron chi connectivity index (χ2n) is 3.47. The van der Waals surface area contributed by atoms with Crippen molar-refractivity contribution in [2.45, 2.75) is 51.9 Å². The fourth-order valence-corrected chi connectivity index (χ4v) is 1.65. The minimum absolute atomic E-state index is 0. The van der Waals surface area contributed by atoms with Gasteiger partial charge in [-0.1, -0.05) is 45.4 Å². The van der Waals surface area contributed by atoms with E-state index in [2.05, 4.69) is 11.3 Å². The molecule has 0 aliphatic rings. The molecule has 0 spiro atoms. The predicted molar refractivity (Wildman–Crippen MR) is 49.7 cm³/mol. The minimum Gasteiger partial charge on any atom is -0.861 e. The van der Waals surface area contributed by atoms with Crippen molar-refractivity contribution >= 4 is 9.05 Å². The molecule has 17 heavy (non-hydrogen) atoms. The van der Waals surface area contributed by atoms with E-state index in [-0.39, 0.29) is 161 Å². The Balaban J connectivity index is -0.000000282. The van der Waals surface area contributed by atoms with Crippen LogP contribution in [0.5, 0.6) is 0 Å². The van der Waals surface area contributed by atoms with Crippen molar-refractivity contribution in [1.82, 2.24) is 0 Å². The van der Waals surface area contributed by atoms with Crippen molar-refractivity contribution in [3.05, 3.63) is 0 Å². The molecule has 0 aromatic heterocycles. The van der Waals surface area contributed by atoms with Gasteiger partial charge in [-0.15, -0.1) is 9.05 Å². The molecule has 0 unspecified atom stereocenters. The molecule has 0 bridgehead atoms. The topological polar surface area (TPSA) is 78.4 Å². The third-order valence-corrected chi connectivity index (χ3v) is 2.58. The van der Waals surface area contributed by atoms with E-state index < -0.39 is 9.05 Å². The average molecular weight is 337 g/mol. The Kier molecular flexibility index (Phi) is 36.9. The summed E-state index contributed by atoms with van der Waals surface area (Å²) in [4.78, 5) is 30.2. The Hall–Kier alpha value is 4.97. The molecule has 0 radical (unpaired) electrons. The second-order valence-corrected chi connectivity index (χ2v) is 4.76. The van der Waals surface area contributed by atoms with Crippen molar-refractivity contribution < 1.29 is 173 Å². The van der Waals surface area contributed by atoms with E-state index in [1.807, 2.05) is 0 Å². The van der Waals surface area contributed by atoms with Crippen molar-refractivity contribution in [1.29, 1.82) is 0 Å². The monoisotopic (exact) mass is 336 g/mol. The molecular formula is C9H19K3O4Si. The van der Waals surface area contributed by atoms with E-state index in [1.165, 1.54) is 25.7 Å². The first kappa shape index (κ1) is 29.9. The van der Waals surface area contributed by atoms with Gasteiger partial charge in [0.05, 0.1) is 0 Å². The smallest absolute Gasteiger partial charge is 0.861 e. The number of hydrogen-bond donors (Lipinski definition) is 0. The van der Waals surface area contributed by atoms with E-state index in [4.69, 9.17) is 0 Å². The summed E-state index contributed by atoms with van der Waals surface area (Å²) in [6, 6.07) is 0. The summed E-state index contributed by atoms with van der Waals surface area (Å²) in [5.41, 5.74) is 0. The molecule has 0 aromatic carbocycles. The standard InChI is InChI=1S/C9H19O4Si.3K/c1-2-3-4-5-6-7-8-9-13-14(10,11)12;;;/h2-9H2,1H3;;;/q-3;3*+1. The van der Waals surface area contributed by atoms with Crippen LogP contribution in [0, 0.1) is 0 Å². The zero-order chi connectivity index (χ0) is 10.9. The van der Waals surface area contributed by atoms with Crippen LogP contribution in [0.4, 0.5) is 0 Å². The van der Waals surface area contributed by atoms with Gasteiger partial charge in [-0.2, -0.15) is 0 Å². The van der Waals surface area contributed by atoms with Crippen molar-refractivity contribution in [3.63, 3.8) is 0 Å². The number of hydrogen-bond acceptors (Lipinski definition) is 4. The van der Waals surface area contributed by atoms with Crippen molar-refractivity contribution in [2.75, 3.05) is 6.61 Å². The van der Waals surface area contributed by atoms with Crippen LogP contribution in [0.1, 0.15) is 51.9 Å². The molecule has 8 heteroatoms. The largest absolute Gasteiger partial charge is 1.00 e. The molecule has 0 aliphatic carbocycles. The quantitative estimate of drug-likeness (QED) is 0.309. The fourth-order valence-electron chi connectivity index (χ4n) is 1.26. The summed E-state index contributed by atoms with van der Waals surface area (Å²) in [5, 5.41) is 0. The van der Waals surface area contributed by atoms with Crippen LogP contribution < -0.4 is 169 Å². The molecule has 0 saturated heterocycles. The Morgan fingerprint density at radius 2 is 1.18 bits per heavy atom. The molecule has 0 heterocycles. The van der Waals surface area contributed by atoms with Crippen molar-refractivity contribution in [3.8, 4) is 0 Å². The SMILES string of the molecule is CCCCCCCCCO[Si]([O-])([O-])[O-].[K+].[K+].[K+]. The zero-order valence-electron chi connectivity index (χ0n) is 11.8. The van der Waals surface area contributed by atoms with Crippen LogP contribution in [0.15, 0.2) is 0 Å². The van der Waals surface area contributed by atoms with Gasteiger partial charge in [0.25, 0.3) is 0 Å². The number of unbranched alkanes of at least 4 members (excludes halogenated alkanes) is 6. The Morgan fingerprint density at radius 3 is 1.59 bits per heavy atom. The summed E-state index contributed by atoms with van der Waals surface area (Å²) >= 11 is 0. The van der Waals surface area contributed by atoms with Crippen LogP contribution in [-0.4, -0.2) is 15.7 Å². The Labute approximate surface area is 234 Å². The van der Waals surface area contributed by atoms with Crippen LogP contribution in [0.25, 0.3) is 0 Å². The summed E-state index contributed by atoms with van der Waals surface area (Å²) < 4.78 is 4.13. The molecule has 0 aliphatic heterocycles. The maximum absolute atomic E-state index is 10.1.